The van der Waals surface area contributed by atoms with Crippen LogP contribution in [0.5, 0.6) is 0 Å². The molecule has 1 N–H and O–H groups in total. The van der Waals surface area contributed by atoms with Crippen molar-refractivity contribution in [2.24, 2.45) is 7.05 Å². The third-order valence-electron chi connectivity index (χ3n) is 6.43. The highest BCUT2D eigenvalue weighted by Gasteiger charge is 2.40. The monoisotopic (exact) mass is 423 g/mol. The Morgan fingerprint density at radius 3 is 2.41 bits per heavy atom. The van der Waals surface area contributed by atoms with Crippen LogP contribution in [0.1, 0.15) is 38.8 Å². The molecule has 0 fully saturated rings. The molecule has 0 radical (unpaired) electrons. The number of rotatable bonds is 4. The fourth-order valence-electron chi connectivity index (χ4n) is 4.73. The number of nitrogens with one attached hydrogen (secondary N) is 1. The first-order valence-corrected chi connectivity index (χ1v) is 10.8. The highest BCUT2D eigenvalue weighted by Crippen LogP contribution is 2.43. The molecule has 0 unspecified atom stereocenters. The summed E-state index contributed by atoms with van der Waals surface area (Å²) in [5.74, 6) is -0.324. The van der Waals surface area contributed by atoms with Crippen LogP contribution in [-0.4, -0.2) is 27.8 Å². The molecule has 2 heterocycles. The van der Waals surface area contributed by atoms with Gasteiger partial charge in [0.2, 0.25) is 5.91 Å². The molecular weight excluding hydrogens is 398 g/mol. The summed E-state index contributed by atoms with van der Waals surface area (Å²) in [7, 11) is 2.04. The van der Waals surface area contributed by atoms with Crippen LogP contribution in [-0.2, 0) is 11.8 Å². The van der Waals surface area contributed by atoms with Gasteiger partial charge in [-0.3, -0.25) is 9.59 Å². The summed E-state index contributed by atoms with van der Waals surface area (Å²) in [5.41, 5.74) is 6.73. The zero-order valence-corrected chi connectivity index (χ0v) is 18.4. The van der Waals surface area contributed by atoms with E-state index in [-0.39, 0.29) is 24.4 Å². The number of carbonyl (C=O) groups is 2. The van der Waals surface area contributed by atoms with Crippen molar-refractivity contribution in [3.8, 4) is 0 Å². The number of aryl methyl sites for hydroxylation is 2. The van der Waals surface area contributed by atoms with E-state index in [0.29, 0.717) is 5.56 Å². The van der Waals surface area contributed by atoms with Crippen LogP contribution in [0.3, 0.4) is 0 Å². The second-order valence-electron chi connectivity index (χ2n) is 8.41. The number of fused-ring (bicyclic) bond motifs is 2. The number of para-hydroxylation sites is 1. The number of hydrogen-bond donors (Lipinski definition) is 1. The summed E-state index contributed by atoms with van der Waals surface area (Å²) in [6.07, 6.45) is 0. The molecule has 0 aliphatic carbocycles. The number of amides is 2. The van der Waals surface area contributed by atoms with Gasteiger partial charge in [0.25, 0.3) is 5.91 Å². The Balaban J connectivity index is 1.56. The Morgan fingerprint density at radius 1 is 0.938 bits per heavy atom. The van der Waals surface area contributed by atoms with Crippen molar-refractivity contribution >= 4 is 28.4 Å². The van der Waals surface area contributed by atoms with Crippen molar-refractivity contribution in [2.75, 3.05) is 11.9 Å². The van der Waals surface area contributed by atoms with E-state index in [1.807, 2.05) is 74.6 Å². The van der Waals surface area contributed by atoms with Crippen molar-refractivity contribution in [3.63, 3.8) is 0 Å². The molecule has 2 amide bonds. The minimum Gasteiger partial charge on any atom is -0.348 e. The maximum absolute atomic E-state index is 13.4. The molecule has 32 heavy (non-hydrogen) atoms. The predicted octanol–water partition coefficient (Wildman–Crippen LogP) is 4.98. The molecule has 1 aliphatic heterocycles. The quantitative estimate of drug-likeness (QED) is 0.503. The van der Waals surface area contributed by atoms with Gasteiger partial charge < -0.3 is 14.8 Å². The number of benzene rings is 3. The number of carbonyl (C=O) groups excluding carboxylic acids is 2. The molecule has 0 saturated carbocycles. The minimum atomic E-state index is -0.312. The van der Waals surface area contributed by atoms with Crippen molar-refractivity contribution in [1.82, 2.24) is 9.47 Å². The highest BCUT2D eigenvalue weighted by atomic mass is 16.2. The third kappa shape index (κ3) is 3.17. The van der Waals surface area contributed by atoms with Gasteiger partial charge in [-0.25, -0.2) is 0 Å². The van der Waals surface area contributed by atoms with Gasteiger partial charge in [0.15, 0.2) is 0 Å². The second kappa shape index (κ2) is 7.68. The lowest BCUT2D eigenvalue weighted by molar-refractivity contribution is -0.117. The van der Waals surface area contributed by atoms with Gasteiger partial charge in [-0.15, -0.1) is 0 Å². The van der Waals surface area contributed by atoms with E-state index in [9.17, 15) is 9.59 Å². The molecule has 4 aromatic rings. The first-order valence-electron chi connectivity index (χ1n) is 10.8. The molecule has 5 heteroatoms. The van der Waals surface area contributed by atoms with E-state index >= 15 is 0 Å². The second-order valence-corrected chi connectivity index (χ2v) is 8.41. The smallest absolute Gasteiger partial charge is 0.255 e. The maximum Gasteiger partial charge on any atom is 0.255 e. The van der Waals surface area contributed by atoms with Crippen LogP contribution in [0.25, 0.3) is 10.9 Å². The Bertz CT molecular complexity index is 1350. The van der Waals surface area contributed by atoms with Crippen LogP contribution in [0, 0.1) is 13.8 Å². The van der Waals surface area contributed by atoms with Crippen LogP contribution in [0.2, 0.25) is 0 Å². The summed E-state index contributed by atoms with van der Waals surface area (Å²) in [5, 5.41) is 4.04. The van der Waals surface area contributed by atoms with Crippen molar-refractivity contribution < 1.29 is 9.59 Å². The average Bonchev–Trinajstić information content (AvgIpc) is 3.21. The van der Waals surface area contributed by atoms with Crippen molar-refractivity contribution in [3.05, 3.63) is 101 Å². The predicted molar refractivity (Wildman–Crippen MR) is 127 cm³/mol. The van der Waals surface area contributed by atoms with E-state index in [2.05, 4.69) is 28.9 Å². The molecule has 5 nitrogen and oxygen atoms in total. The molecule has 1 atom stereocenters. The first-order chi connectivity index (χ1) is 15.5. The van der Waals surface area contributed by atoms with E-state index in [0.717, 1.165) is 39.0 Å². The fourth-order valence-corrected chi connectivity index (χ4v) is 4.73. The van der Waals surface area contributed by atoms with Crippen LogP contribution in [0.4, 0.5) is 5.69 Å². The van der Waals surface area contributed by atoms with Gasteiger partial charge in [-0.1, -0.05) is 54.1 Å². The van der Waals surface area contributed by atoms with Gasteiger partial charge in [-0.2, -0.15) is 0 Å². The van der Waals surface area contributed by atoms with Gasteiger partial charge in [0.1, 0.15) is 6.54 Å². The lowest BCUT2D eigenvalue weighted by Crippen LogP contribution is -2.36. The molecule has 0 bridgehead atoms. The lowest BCUT2D eigenvalue weighted by Gasteiger charge is -2.26. The molecule has 3 aromatic carbocycles. The van der Waals surface area contributed by atoms with Gasteiger partial charge in [0, 0.05) is 40.5 Å². The molecule has 0 saturated heterocycles. The Kier molecular flexibility index (Phi) is 4.82. The Morgan fingerprint density at radius 2 is 1.62 bits per heavy atom. The molecule has 5 rings (SSSR count). The molecule has 160 valence electrons. The molecule has 0 spiro atoms. The zero-order valence-electron chi connectivity index (χ0n) is 18.4. The summed E-state index contributed by atoms with van der Waals surface area (Å²) >= 11 is 0. The Labute approximate surface area is 187 Å². The van der Waals surface area contributed by atoms with E-state index in [1.165, 1.54) is 0 Å². The molecular formula is C27H25N3O2. The highest BCUT2D eigenvalue weighted by molar-refractivity contribution is 6.04. The SMILES string of the molecule is Cc1ccc(NC(=O)CN2C(=O)c3ccccc3[C@H]2c2c(C)n(C)c3ccccc23)cc1. The summed E-state index contributed by atoms with van der Waals surface area (Å²) in [6, 6.07) is 23.2. The lowest BCUT2D eigenvalue weighted by atomic mass is 9.95. The van der Waals surface area contributed by atoms with Gasteiger partial charge in [0.05, 0.1) is 6.04 Å². The maximum atomic E-state index is 13.4. The topological polar surface area (TPSA) is 54.3 Å². The van der Waals surface area contributed by atoms with Gasteiger partial charge in [-0.05, 0) is 43.7 Å². The Hall–Kier alpha value is -3.86. The largest absolute Gasteiger partial charge is 0.348 e. The van der Waals surface area contributed by atoms with E-state index < -0.39 is 0 Å². The molecule has 1 aromatic heterocycles. The minimum absolute atomic E-state index is 0.0191. The normalized spacial score (nSPS) is 15.3. The van der Waals surface area contributed by atoms with Crippen LogP contribution in [0.15, 0.2) is 72.8 Å². The summed E-state index contributed by atoms with van der Waals surface area (Å²) < 4.78 is 2.15. The van der Waals surface area contributed by atoms with E-state index in [4.69, 9.17) is 0 Å². The first kappa shape index (κ1) is 20.1. The summed E-state index contributed by atoms with van der Waals surface area (Å²) in [4.78, 5) is 28.1. The molecule has 1 aliphatic rings. The number of nitrogens with zero attached hydrogens (tertiary/aromatic N) is 2. The zero-order chi connectivity index (χ0) is 22.4. The summed E-state index contributed by atoms with van der Waals surface area (Å²) in [6.45, 7) is 4.06. The van der Waals surface area contributed by atoms with Crippen molar-refractivity contribution in [2.45, 2.75) is 19.9 Å². The van der Waals surface area contributed by atoms with E-state index in [1.54, 1.807) is 4.90 Å². The standard InChI is InChI=1S/C27H25N3O2/c1-17-12-14-19(15-13-17)28-24(31)16-30-26(20-8-4-5-9-21(20)27(30)32)25-18(2)29(3)23-11-7-6-10-22(23)25/h4-15,26H,16H2,1-3H3,(H,28,31)/t26-/m0/s1. The van der Waals surface area contributed by atoms with Crippen molar-refractivity contribution in [1.29, 1.82) is 0 Å². The number of anilines is 1. The third-order valence-corrected chi connectivity index (χ3v) is 6.43. The van der Waals surface area contributed by atoms with Gasteiger partial charge >= 0.3 is 0 Å². The van der Waals surface area contributed by atoms with Crippen LogP contribution < -0.4 is 5.32 Å². The van der Waals surface area contributed by atoms with Crippen LogP contribution >= 0.6 is 0 Å². The number of hydrogen-bond acceptors (Lipinski definition) is 2. The average molecular weight is 424 g/mol. The number of aromatic nitrogens is 1. The fraction of sp³-hybridized carbons (Fsp3) is 0.185.